The molecule has 0 saturated heterocycles. The molecule has 2 atom stereocenters. The van der Waals surface area contributed by atoms with Crippen molar-refractivity contribution in [1.82, 2.24) is 0 Å². The molecule has 0 aliphatic rings. The van der Waals surface area contributed by atoms with Gasteiger partial charge in [0.05, 0.1) is 29.3 Å². The lowest BCUT2D eigenvalue weighted by Crippen LogP contribution is -2.46. The van der Waals surface area contributed by atoms with E-state index in [1.165, 1.54) is 12.1 Å². The van der Waals surface area contributed by atoms with Gasteiger partial charge in [-0.25, -0.2) is 0 Å². The van der Waals surface area contributed by atoms with Crippen LogP contribution in [0.25, 0.3) is 0 Å². The number of rotatable bonds is 7. The Labute approximate surface area is 148 Å². The summed E-state index contributed by atoms with van der Waals surface area (Å²) in [5.74, 6) is -3.36. The summed E-state index contributed by atoms with van der Waals surface area (Å²) in [5, 5.41) is 2.46. The topological polar surface area (TPSA) is 81.4 Å². The van der Waals surface area contributed by atoms with Crippen molar-refractivity contribution >= 4 is 29.2 Å². The summed E-state index contributed by atoms with van der Waals surface area (Å²) in [6.07, 6.45) is -4.11. The molecule has 0 fully saturated rings. The predicted octanol–water partition coefficient (Wildman–Crippen LogP) is 3.30. The summed E-state index contributed by atoms with van der Waals surface area (Å²) in [4.78, 5) is 23.3. The zero-order valence-corrected chi connectivity index (χ0v) is 14.6. The Morgan fingerprint density at radius 2 is 2.00 bits per heavy atom. The molecular formula is C16H20ClF3N2O3. The number of hydrogen-bond donors (Lipinski definition) is 2. The van der Waals surface area contributed by atoms with Gasteiger partial charge >= 0.3 is 12.1 Å². The fourth-order valence-corrected chi connectivity index (χ4v) is 2.11. The quantitative estimate of drug-likeness (QED) is 0.711. The molecule has 0 saturated carbocycles. The van der Waals surface area contributed by atoms with Gasteiger partial charge in [-0.05, 0) is 31.0 Å². The fourth-order valence-electron chi connectivity index (χ4n) is 1.95. The van der Waals surface area contributed by atoms with Crippen LogP contribution in [0.1, 0.15) is 25.8 Å². The monoisotopic (exact) mass is 380 g/mol. The van der Waals surface area contributed by atoms with E-state index in [0.717, 1.165) is 6.92 Å². The number of carbonyl (C=O) groups excluding carboxylic acids is 2. The van der Waals surface area contributed by atoms with Gasteiger partial charge in [-0.15, -0.1) is 0 Å². The van der Waals surface area contributed by atoms with Crippen molar-refractivity contribution < 1.29 is 27.5 Å². The highest BCUT2D eigenvalue weighted by atomic mass is 35.5. The minimum Gasteiger partial charge on any atom is -0.466 e. The second kappa shape index (κ2) is 9.05. The Morgan fingerprint density at radius 3 is 2.56 bits per heavy atom. The molecule has 3 N–H and O–H groups in total. The first-order chi connectivity index (χ1) is 11.6. The highest BCUT2D eigenvalue weighted by Gasteiger charge is 2.42. The molecule has 0 spiro atoms. The lowest BCUT2D eigenvalue weighted by molar-refractivity contribution is -0.176. The molecule has 0 bridgehead atoms. The SMILES string of the molecule is CCOC(=O)CCc1ccc(Cl)c(NC(=O)C(N)C(C)C(F)(F)F)c1. The molecule has 9 heteroatoms. The molecule has 25 heavy (non-hydrogen) atoms. The van der Waals surface area contributed by atoms with E-state index in [2.05, 4.69) is 5.32 Å². The van der Waals surface area contributed by atoms with E-state index in [1.807, 2.05) is 0 Å². The standard InChI is InChI=1S/C16H20ClF3N2O3/c1-3-25-13(23)7-5-10-4-6-11(17)12(8-10)22-15(24)14(21)9(2)16(18,19)20/h4,6,8-9,14H,3,5,7,21H2,1-2H3,(H,22,24). The lowest BCUT2D eigenvalue weighted by atomic mass is 10.0. The van der Waals surface area contributed by atoms with E-state index in [-0.39, 0.29) is 29.7 Å². The average Bonchev–Trinajstić information content (AvgIpc) is 2.53. The van der Waals surface area contributed by atoms with Crippen molar-refractivity contribution in [3.8, 4) is 0 Å². The Bertz CT molecular complexity index is 623. The first kappa shape index (κ1) is 21.2. The second-order valence-corrected chi connectivity index (χ2v) is 5.87. The maximum absolute atomic E-state index is 12.7. The van der Waals surface area contributed by atoms with Gasteiger partial charge in [-0.3, -0.25) is 9.59 Å². The van der Waals surface area contributed by atoms with E-state index in [1.54, 1.807) is 13.0 Å². The first-order valence-corrected chi connectivity index (χ1v) is 8.01. The van der Waals surface area contributed by atoms with Crippen LogP contribution in [0.3, 0.4) is 0 Å². The second-order valence-electron chi connectivity index (χ2n) is 5.46. The molecule has 0 aliphatic heterocycles. The maximum Gasteiger partial charge on any atom is 0.393 e. The normalized spacial score (nSPS) is 13.9. The molecule has 0 aliphatic carbocycles. The van der Waals surface area contributed by atoms with Crippen molar-refractivity contribution in [2.75, 3.05) is 11.9 Å². The van der Waals surface area contributed by atoms with Crippen LogP contribution in [0.2, 0.25) is 5.02 Å². The maximum atomic E-state index is 12.7. The van der Waals surface area contributed by atoms with Gasteiger partial charge in [0.2, 0.25) is 5.91 Å². The number of aryl methyl sites for hydroxylation is 1. The van der Waals surface area contributed by atoms with Crippen molar-refractivity contribution in [3.05, 3.63) is 28.8 Å². The summed E-state index contributed by atoms with van der Waals surface area (Å²) >= 11 is 5.96. The van der Waals surface area contributed by atoms with Crippen LogP contribution in [0, 0.1) is 5.92 Å². The molecule has 0 radical (unpaired) electrons. The van der Waals surface area contributed by atoms with E-state index in [0.29, 0.717) is 12.0 Å². The van der Waals surface area contributed by atoms with E-state index >= 15 is 0 Å². The fraction of sp³-hybridized carbons (Fsp3) is 0.500. The Morgan fingerprint density at radius 1 is 1.36 bits per heavy atom. The summed E-state index contributed by atoms with van der Waals surface area (Å²) in [5.41, 5.74) is 6.19. The number of ether oxygens (including phenoxy) is 1. The first-order valence-electron chi connectivity index (χ1n) is 7.63. The zero-order chi connectivity index (χ0) is 19.2. The molecule has 1 amide bonds. The molecule has 1 rings (SSSR count). The number of amides is 1. The molecule has 0 heterocycles. The van der Waals surface area contributed by atoms with Gasteiger partial charge in [0.15, 0.2) is 0 Å². The predicted molar refractivity (Wildman–Crippen MR) is 88.2 cm³/mol. The van der Waals surface area contributed by atoms with Crippen LogP contribution in [-0.4, -0.2) is 30.7 Å². The summed E-state index contributed by atoms with van der Waals surface area (Å²) in [7, 11) is 0. The van der Waals surface area contributed by atoms with Crippen LogP contribution in [-0.2, 0) is 20.7 Å². The summed E-state index contributed by atoms with van der Waals surface area (Å²) in [6, 6.07) is 2.86. The molecule has 0 aromatic heterocycles. The lowest BCUT2D eigenvalue weighted by Gasteiger charge is -2.22. The third kappa shape index (κ3) is 6.55. The number of halogens is 4. The van der Waals surface area contributed by atoms with Gasteiger partial charge in [-0.1, -0.05) is 24.6 Å². The molecular weight excluding hydrogens is 361 g/mol. The summed E-state index contributed by atoms with van der Waals surface area (Å²) in [6.45, 7) is 2.80. The number of nitrogens with two attached hydrogens (primary N) is 1. The van der Waals surface area contributed by atoms with Gasteiger partial charge in [-0.2, -0.15) is 13.2 Å². The van der Waals surface area contributed by atoms with Gasteiger partial charge in [0.25, 0.3) is 0 Å². The van der Waals surface area contributed by atoms with Crippen LogP contribution < -0.4 is 11.1 Å². The third-order valence-electron chi connectivity index (χ3n) is 3.57. The number of nitrogens with one attached hydrogen (secondary N) is 1. The summed E-state index contributed by atoms with van der Waals surface area (Å²) < 4.78 is 42.8. The molecule has 5 nitrogen and oxygen atoms in total. The van der Waals surface area contributed by atoms with Crippen LogP contribution >= 0.6 is 11.6 Å². The number of anilines is 1. The zero-order valence-electron chi connectivity index (χ0n) is 13.8. The molecule has 1 aromatic rings. The van der Waals surface area contributed by atoms with Gasteiger partial charge < -0.3 is 15.8 Å². The van der Waals surface area contributed by atoms with Crippen LogP contribution in [0.4, 0.5) is 18.9 Å². The smallest absolute Gasteiger partial charge is 0.393 e. The van der Waals surface area contributed by atoms with Crippen molar-refractivity contribution in [2.45, 2.75) is 38.9 Å². The number of benzene rings is 1. The number of hydrogen-bond acceptors (Lipinski definition) is 4. The number of alkyl halides is 3. The van der Waals surface area contributed by atoms with E-state index in [9.17, 15) is 22.8 Å². The highest BCUT2D eigenvalue weighted by molar-refractivity contribution is 6.33. The third-order valence-corrected chi connectivity index (χ3v) is 3.90. The Balaban J connectivity index is 2.79. The highest BCUT2D eigenvalue weighted by Crippen LogP contribution is 2.29. The van der Waals surface area contributed by atoms with Crippen molar-refractivity contribution in [3.63, 3.8) is 0 Å². The van der Waals surface area contributed by atoms with Crippen LogP contribution in [0.15, 0.2) is 18.2 Å². The Kier molecular flexibility index (Phi) is 7.69. The van der Waals surface area contributed by atoms with E-state index in [4.69, 9.17) is 22.1 Å². The van der Waals surface area contributed by atoms with Gasteiger partial charge in [0.1, 0.15) is 0 Å². The number of esters is 1. The minimum atomic E-state index is -4.58. The molecule has 1 aromatic carbocycles. The largest absolute Gasteiger partial charge is 0.466 e. The average molecular weight is 381 g/mol. The van der Waals surface area contributed by atoms with Crippen molar-refractivity contribution in [2.24, 2.45) is 11.7 Å². The van der Waals surface area contributed by atoms with E-state index < -0.39 is 24.0 Å². The Hall–Kier alpha value is -1.80. The molecule has 140 valence electrons. The van der Waals surface area contributed by atoms with Crippen molar-refractivity contribution in [1.29, 1.82) is 0 Å². The minimum absolute atomic E-state index is 0.132. The molecule has 2 unspecified atom stereocenters. The van der Waals surface area contributed by atoms with Crippen LogP contribution in [0.5, 0.6) is 0 Å². The van der Waals surface area contributed by atoms with Gasteiger partial charge in [0, 0.05) is 6.42 Å². The number of carbonyl (C=O) groups is 2.